The molecule has 0 aliphatic rings. The van der Waals surface area contributed by atoms with E-state index in [1.54, 1.807) is 7.11 Å². The lowest BCUT2D eigenvalue weighted by Gasteiger charge is -2.19. The van der Waals surface area contributed by atoms with Gasteiger partial charge in [0.15, 0.2) is 11.5 Å². The largest absolute Gasteiger partial charge is 0.493 e. The molecular formula is C18H21F2NO2. The number of hydrogen-bond acceptors (Lipinski definition) is 3. The van der Waals surface area contributed by atoms with Gasteiger partial charge >= 0.3 is 0 Å². The number of methoxy groups -OCH3 is 1. The van der Waals surface area contributed by atoms with Gasteiger partial charge in [-0.3, -0.25) is 0 Å². The summed E-state index contributed by atoms with van der Waals surface area (Å²) in [5.41, 5.74) is 7.10. The summed E-state index contributed by atoms with van der Waals surface area (Å²) in [6.45, 7) is 2.62. The van der Waals surface area contributed by atoms with Crippen LogP contribution in [0.25, 0.3) is 0 Å². The molecule has 2 aromatic carbocycles. The van der Waals surface area contributed by atoms with Gasteiger partial charge in [0.25, 0.3) is 0 Å². The third kappa shape index (κ3) is 3.99. The van der Waals surface area contributed by atoms with Crippen LogP contribution in [0.15, 0.2) is 36.4 Å². The minimum Gasteiger partial charge on any atom is -0.493 e. The molecule has 5 heteroatoms. The van der Waals surface area contributed by atoms with Crippen molar-refractivity contribution >= 4 is 0 Å². The number of ether oxygens (including phenoxy) is 2. The number of para-hydroxylation sites is 1. The van der Waals surface area contributed by atoms with Gasteiger partial charge in [-0.05, 0) is 43.1 Å². The van der Waals surface area contributed by atoms with Gasteiger partial charge in [-0.15, -0.1) is 0 Å². The first-order valence-electron chi connectivity index (χ1n) is 7.54. The smallest absolute Gasteiger partial charge is 0.164 e. The second-order valence-electron chi connectivity index (χ2n) is 5.18. The van der Waals surface area contributed by atoms with Crippen molar-refractivity contribution in [2.24, 2.45) is 5.73 Å². The third-order valence-corrected chi connectivity index (χ3v) is 3.72. The zero-order chi connectivity index (χ0) is 16.8. The van der Waals surface area contributed by atoms with Gasteiger partial charge in [-0.1, -0.05) is 18.2 Å². The Kier molecular flexibility index (Phi) is 5.93. The molecule has 0 aromatic heterocycles. The Morgan fingerprint density at radius 1 is 1.17 bits per heavy atom. The summed E-state index contributed by atoms with van der Waals surface area (Å²) in [5.74, 6) is -0.195. The van der Waals surface area contributed by atoms with E-state index in [9.17, 15) is 8.78 Å². The van der Waals surface area contributed by atoms with Crippen LogP contribution in [0.1, 0.15) is 24.0 Å². The molecule has 0 heterocycles. The Balaban J connectivity index is 2.35. The third-order valence-electron chi connectivity index (χ3n) is 3.72. The first-order valence-corrected chi connectivity index (χ1v) is 7.54. The fraction of sp³-hybridized carbons (Fsp3) is 0.333. The normalized spacial score (nSPS) is 12.0. The van der Waals surface area contributed by atoms with E-state index in [4.69, 9.17) is 15.2 Å². The fourth-order valence-corrected chi connectivity index (χ4v) is 2.61. The summed E-state index contributed by atoms with van der Waals surface area (Å²) < 4.78 is 38.1. The van der Waals surface area contributed by atoms with Crippen LogP contribution in [-0.2, 0) is 6.42 Å². The van der Waals surface area contributed by atoms with E-state index in [1.165, 1.54) is 12.1 Å². The highest BCUT2D eigenvalue weighted by atomic mass is 19.1. The van der Waals surface area contributed by atoms with Gasteiger partial charge in [0.2, 0.25) is 0 Å². The summed E-state index contributed by atoms with van der Waals surface area (Å²) in [4.78, 5) is 0. The Bertz CT molecular complexity index is 661. The van der Waals surface area contributed by atoms with Crippen LogP contribution in [0.3, 0.4) is 0 Å². The topological polar surface area (TPSA) is 44.5 Å². The van der Waals surface area contributed by atoms with Crippen molar-refractivity contribution in [3.8, 4) is 11.5 Å². The summed E-state index contributed by atoms with van der Waals surface area (Å²) in [7, 11) is 1.57. The van der Waals surface area contributed by atoms with E-state index in [2.05, 4.69) is 0 Å². The Morgan fingerprint density at radius 2 is 1.96 bits per heavy atom. The maximum absolute atomic E-state index is 14.0. The highest BCUT2D eigenvalue weighted by Gasteiger charge is 2.19. The number of rotatable bonds is 7. The molecule has 0 radical (unpaired) electrons. The van der Waals surface area contributed by atoms with Gasteiger partial charge in [0.05, 0.1) is 13.7 Å². The van der Waals surface area contributed by atoms with Gasteiger partial charge in [0.1, 0.15) is 11.6 Å². The predicted octanol–water partition coefficient (Wildman–Crippen LogP) is 3.66. The maximum Gasteiger partial charge on any atom is 0.164 e. The van der Waals surface area contributed by atoms with Crippen molar-refractivity contribution in [3.05, 3.63) is 59.2 Å². The van der Waals surface area contributed by atoms with Crippen molar-refractivity contribution in [1.82, 2.24) is 0 Å². The second-order valence-corrected chi connectivity index (χ2v) is 5.18. The van der Waals surface area contributed by atoms with Crippen molar-refractivity contribution in [1.29, 1.82) is 0 Å². The lowest BCUT2D eigenvalue weighted by molar-refractivity contribution is 0.307. The zero-order valence-corrected chi connectivity index (χ0v) is 13.3. The van der Waals surface area contributed by atoms with Crippen LogP contribution in [0.2, 0.25) is 0 Å². The molecule has 3 nitrogen and oxygen atoms in total. The molecule has 0 aliphatic carbocycles. The van der Waals surface area contributed by atoms with E-state index in [0.717, 1.165) is 11.6 Å². The van der Waals surface area contributed by atoms with Crippen LogP contribution in [0.4, 0.5) is 8.78 Å². The summed E-state index contributed by atoms with van der Waals surface area (Å²) in [6.07, 6.45) is 0.478. The minimum absolute atomic E-state index is 0.241. The predicted molar refractivity (Wildman–Crippen MR) is 86.0 cm³/mol. The molecule has 2 aromatic rings. The van der Waals surface area contributed by atoms with E-state index < -0.39 is 11.6 Å². The van der Waals surface area contributed by atoms with Gasteiger partial charge in [-0.2, -0.15) is 0 Å². The average Bonchev–Trinajstić information content (AvgIpc) is 2.54. The van der Waals surface area contributed by atoms with Crippen LogP contribution in [0, 0.1) is 11.6 Å². The van der Waals surface area contributed by atoms with E-state index in [0.29, 0.717) is 30.1 Å². The Hall–Kier alpha value is -2.14. The lowest BCUT2D eigenvalue weighted by Crippen LogP contribution is -2.17. The molecule has 0 saturated carbocycles. The molecule has 2 N–H and O–H groups in total. The first-order chi connectivity index (χ1) is 11.1. The molecule has 0 fully saturated rings. The van der Waals surface area contributed by atoms with Crippen molar-refractivity contribution < 1.29 is 18.3 Å². The van der Waals surface area contributed by atoms with E-state index in [-0.39, 0.29) is 12.5 Å². The number of nitrogens with two attached hydrogens (primary N) is 1. The molecule has 0 bridgehead atoms. The van der Waals surface area contributed by atoms with Crippen LogP contribution in [-0.4, -0.2) is 20.3 Å². The molecule has 2 rings (SSSR count). The van der Waals surface area contributed by atoms with Crippen molar-refractivity contribution in [3.63, 3.8) is 0 Å². The van der Waals surface area contributed by atoms with Crippen LogP contribution in [0.5, 0.6) is 11.5 Å². The van der Waals surface area contributed by atoms with E-state index >= 15 is 0 Å². The molecule has 0 saturated heterocycles. The maximum atomic E-state index is 14.0. The number of hydrogen-bond donors (Lipinski definition) is 1. The summed E-state index contributed by atoms with van der Waals surface area (Å²) >= 11 is 0. The quantitative estimate of drug-likeness (QED) is 0.846. The average molecular weight is 321 g/mol. The standard InChI is InChI=1S/C18H21F2NO2/c1-3-23-18-12(5-4-6-17(18)22-2)9-13(11-21)15-8-7-14(19)10-16(15)20/h4-8,10,13H,3,9,11,21H2,1-2H3. The van der Waals surface area contributed by atoms with Gasteiger partial charge in [-0.25, -0.2) is 8.78 Å². The lowest BCUT2D eigenvalue weighted by atomic mass is 9.91. The molecule has 0 amide bonds. The highest BCUT2D eigenvalue weighted by Crippen LogP contribution is 2.34. The molecule has 124 valence electrons. The zero-order valence-electron chi connectivity index (χ0n) is 13.3. The molecule has 0 aliphatic heterocycles. The molecule has 23 heavy (non-hydrogen) atoms. The highest BCUT2D eigenvalue weighted by molar-refractivity contribution is 5.47. The molecular weight excluding hydrogens is 300 g/mol. The van der Waals surface area contributed by atoms with Crippen LogP contribution >= 0.6 is 0 Å². The van der Waals surface area contributed by atoms with Crippen molar-refractivity contribution in [2.75, 3.05) is 20.3 Å². The SMILES string of the molecule is CCOc1c(CC(CN)c2ccc(F)cc2F)cccc1OC. The van der Waals surface area contributed by atoms with Gasteiger partial charge in [0, 0.05) is 12.0 Å². The monoisotopic (exact) mass is 321 g/mol. The summed E-state index contributed by atoms with van der Waals surface area (Å²) in [5, 5.41) is 0. The molecule has 1 unspecified atom stereocenters. The van der Waals surface area contributed by atoms with E-state index in [1.807, 2.05) is 25.1 Å². The second kappa shape index (κ2) is 7.92. The van der Waals surface area contributed by atoms with Crippen LogP contribution < -0.4 is 15.2 Å². The summed E-state index contributed by atoms with van der Waals surface area (Å²) in [6, 6.07) is 9.14. The fourth-order valence-electron chi connectivity index (χ4n) is 2.61. The van der Waals surface area contributed by atoms with Gasteiger partial charge < -0.3 is 15.2 Å². The number of halogens is 2. The molecule has 0 spiro atoms. The Morgan fingerprint density at radius 3 is 2.57 bits per heavy atom. The first kappa shape index (κ1) is 17.2. The Labute approximate surface area is 135 Å². The molecule has 1 atom stereocenters. The number of benzene rings is 2. The minimum atomic E-state index is -0.599. The van der Waals surface area contributed by atoms with Crippen molar-refractivity contribution in [2.45, 2.75) is 19.3 Å².